The third-order valence-electron chi connectivity index (χ3n) is 3.45. The van der Waals surface area contributed by atoms with Crippen molar-refractivity contribution in [3.05, 3.63) is 0 Å². The fourth-order valence-corrected chi connectivity index (χ4v) is 2.62. The maximum atomic E-state index is 10.7. The van der Waals surface area contributed by atoms with Crippen molar-refractivity contribution in [3.8, 4) is 0 Å². The minimum Gasteiger partial charge on any atom is -0.303 e. The highest BCUT2D eigenvalue weighted by Crippen LogP contribution is 2.59. The van der Waals surface area contributed by atoms with E-state index in [-0.39, 0.29) is 10.8 Å². The molecule has 0 atom stereocenters. The van der Waals surface area contributed by atoms with Gasteiger partial charge in [0, 0.05) is 10.8 Å². The summed E-state index contributed by atoms with van der Waals surface area (Å²) in [5.74, 6) is 0. The molecule has 0 amide bonds. The molecule has 0 aromatic carbocycles. The first-order valence-corrected chi connectivity index (χ1v) is 4.17. The Morgan fingerprint density at radius 1 is 0.818 bits per heavy atom. The van der Waals surface area contributed by atoms with E-state index in [0.29, 0.717) is 0 Å². The van der Waals surface area contributed by atoms with Crippen LogP contribution in [0.1, 0.15) is 32.1 Å². The van der Waals surface area contributed by atoms with Crippen molar-refractivity contribution in [2.24, 2.45) is 10.8 Å². The molecule has 2 heteroatoms. The van der Waals surface area contributed by atoms with E-state index in [9.17, 15) is 9.59 Å². The maximum Gasteiger partial charge on any atom is 0.126 e. The van der Waals surface area contributed by atoms with Gasteiger partial charge < -0.3 is 9.59 Å². The molecular formula is C9H12O2. The van der Waals surface area contributed by atoms with Crippen LogP contribution >= 0.6 is 0 Å². The van der Waals surface area contributed by atoms with Crippen LogP contribution in [0.3, 0.4) is 0 Å². The first-order chi connectivity index (χ1) is 5.24. The first kappa shape index (κ1) is 7.01. The van der Waals surface area contributed by atoms with E-state index >= 15 is 0 Å². The number of fused-ring (bicyclic) bond motifs is 2. The second-order valence-electron chi connectivity index (χ2n) is 4.14. The summed E-state index contributed by atoms with van der Waals surface area (Å²) in [6.07, 6.45) is 6.73. The Morgan fingerprint density at radius 3 is 1.36 bits per heavy atom. The summed E-state index contributed by atoms with van der Waals surface area (Å²) < 4.78 is 0. The molecule has 11 heavy (non-hydrogen) atoms. The van der Waals surface area contributed by atoms with Gasteiger partial charge in [0.15, 0.2) is 0 Å². The molecule has 0 aromatic heterocycles. The molecule has 0 radical (unpaired) electrons. The molecule has 0 heterocycles. The summed E-state index contributed by atoms with van der Waals surface area (Å²) in [6, 6.07) is 0. The van der Waals surface area contributed by atoms with Crippen molar-refractivity contribution >= 4 is 12.6 Å². The molecule has 0 saturated heterocycles. The molecule has 0 unspecified atom stereocenters. The zero-order chi connectivity index (χ0) is 7.95. The molecule has 2 saturated carbocycles. The monoisotopic (exact) mass is 152 g/mol. The minimum atomic E-state index is -0.0963. The van der Waals surface area contributed by atoms with Crippen molar-refractivity contribution in [1.82, 2.24) is 0 Å². The lowest BCUT2D eigenvalue weighted by Gasteiger charge is -2.19. The van der Waals surface area contributed by atoms with Crippen LogP contribution in [0.4, 0.5) is 0 Å². The normalized spacial score (nSPS) is 47.6. The van der Waals surface area contributed by atoms with E-state index in [0.717, 1.165) is 44.7 Å². The van der Waals surface area contributed by atoms with Crippen LogP contribution in [0.2, 0.25) is 0 Å². The van der Waals surface area contributed by atoms with Crippen molar-refractivity contribution < 1.29 is 9.59 Å². The highest BCUT2D eigenvalue weighted by molar-refractivity contribution is 5.69. The molecule has 0 aliphatic heterocycles. The fourth-order valence-electron chi connectivity index (χ4n) is 2.62. The van der Waals surface area contributed by atoms with Gasteiger partial charge in [-0.25, -0.2) is 0 Å². The van der Waals surface area contributed by atoms with E-state index in [4.69, 9.17) is 0 Å². The maximum absolute atomic E-state index is 10.7. The van der Waals surface area contributed by atoms with E-state index in [1.165, 1.54) is 0 Å². The van der Waals surface area contributed by atoms with Gasteiger partial charge in [-0.1, -0.05) is 0 Å². The molecule has 2 fully saturated rings. The number of carbonyl (C=O) groups excluding carboxylic acids is 2. The van der Waals surface area contributed by atoms with Crippen molar-refractivity contribution in [2.75, 3.05) is 0 Å². The Kier molecular flexibility index (Phi) is 1.23. The average molecular weight is 152 g/mol. The van der Waals surface area contributed by atoms with Gasteiger partial charge in [0.05, 0.1) is 0 Å². The largest absolute Gasteiger partial charge is 0.303 e. The number of aldehydes is 2. The smallest absolute Gasteiger partial charge is 0.126 e. The lowest BCUT2D eigenvalue weighted by atomic mass is 9.84. The van der Waals surface area contributed by atoms with Gasteiger partial charge in [-0.2, -0.15) is 0 Å². The second-order valence-corrected chi connectivity index (χ2v) is 4.14. The fraction of sp³-hybridized carbons (Fsp3) is 0.778. The van der Waals surface area contributed by atoms with Gasteiger partial charge in [-0.15, -0.1) is 0 Å². The number of carbonyl (C=O) groups is 2. The lowest BCUT2D eigenvalue weighted by Crippen LogP contribution is -2.15. The molecule has 2 aliphatic rings. The third kappa shape index (κ3) is 0.784. The zero-order valence-corrected chi connectivity index (χ0v) is 6.51. The Labute approximate surface area is 66.0 Å². The molecule has 0 spiro atoms. The predicted molar refractivity (Wildman–Crippen MR) is 40.1 cm³/mol. The SMILES string of the molecule is O=CC12CCC(C=O)(CC1)C2. The van der Waals surface area contributed by atoms with Crippen LogP contribution in [0, 0.1) is 10.8 Å². The van der Waals surface area contributed by atoms with E-state index in [1.54, 1.807) is 0 Å². The van der Waals surface area contributed by atoms with Crippen LogP contribution in [-0.4, -0.2) is 12.6 Å². The van der Waals surface area contributed by atoms with Crippen LogP contribution in [0.15, 0.2) is 0 Å². The lowest BCUT2D eigenvalue weighted by molar-refractivity contribution is -0.115. The van der Waals surface area contributed by atoms with Crippen LogP contribution in [0.5, 0.6) is 0 Å². The van der Waals surface area contributed by atoms with Gasteiger partial charge in [0.2, 0.25) is 0 Å². The van der Waals surface area contributed by atoms with Crippen molar-refractivity contribution in [3.63, 3.8) is 0 Å². The Balaban J connectivity index is 2.27. The quantitative estimate of drug-likeness (QED) is 0.559. The summed E-state index contributed by atoms with van der Waals surface area (Å²) >= 11 is 0. The average Bonchev–Trinajstić information content (AvgIpc) is 2.61. The van der Waals surface area contributed by atoms with Crippen molar-refractivity contribution in [1.29, 1.82) is 0 Å². The third-order valence-corrected chi connectivity index (χ3v) is 3.45. The summed E-state index contributed by atoms with van der Waals surface area (Å²) in [4.78, 5) is 21.5. The van der Waals surface area contributed by atoms with E-state index in [1.807, 2.05) is 0 Å². The van der Waals surface area contributed by atoms with Crippen LogP contribution in [-0.2, 0) is 9.59 Å². The van der Waals surface area contributed by atoms with E-state index < -0.39 is 0 Å². The number of rotatable bonds is 2. The summed E-state index contributed by atoms with van der Waals surface area (Å²) in [5, 5.41) is 0. The summed E-state index contributed by atoms with van der Waals surface area (Å²) in [7, 11) is 0. The van der Waals surface area contributed by atoms with Crippen molar-refractivity contribution in [2.45, 2.75) is 32.1 Å². The number of hydrogen-bond donors (Lipinski definition) is 0. The summed E-state index contributed by atoms with van der Waals surface area (Å²) in [6.45, 7) is 0. The Bertz CT molecular complexity index is 178. The molecule has 60 valence electrons. The Morgan fingerprint density at radius 2 is 1.18 bits per heavy atom. The zero-order valence-electron chi connectivity index (χ0n) is 6.51. The van der Waals surface area contributed by atoms with E-state index in [2.05, 4.69) is 0 Å². The first-order valence-electron chi connectivity index (χ1n) is 4.17. The van der Waals surface area contributed by atoms with Gasteiger partial charge in [-0.05, 0) is 32.1 Å². The molecule has 2 bridgehead atoms. The summed E-state index contributed by atoms with van der Waals surface area (Å²) in [5.41, 5.74) is -0.193. The van der Waals surface area contributed by atoms with Gasteiger partial charge in [0.1, 0.15) is 12.6 Å². The topological polar surface area (TPSA) is 34.1 Å². The van der Waals surface area contributed by atoms with Gasteiger partial charge in [-0.3, -0.25) is 0 Å². The van der Waals surface area contributed by atoms with Gasteiger partial charge >= 0.3 is 0 Å². The predicted octanol–water partition coefficient (Wildman–Crippen LogP) is 1.33. The van der Waals surface area contributed by atoms with Crippen LogP contribution in [0.25, 0.3) is 0 Å². The standard InChI is InChI=1S/C9H12O2/c10-6-8-1-2-9(5-8,7-11)4-3-8/h6-7H,1-5H2. The molecular weight excluding hydrogens is 140 g/mol. The number of hydrogen-bond acceptors (Lipinski definition) is 2. The van der Waals surface area contributed by atoms with Gasteiger partial charge in [0.25, 0.3) is 0 Å². The highest BCUT2D eigenvalue weighted by Gasteiger charge is 2.54. The van der Waals surface area contributed by atoms with Crippen LogP contribution < -0.4 is 0 Å². The molecule has 0 aromatic rings. The molecule has 2 nitrogen and oxygen atoms in total. The molecule has 2 rings (SSSR count). The second kappa shape index (κ2) is 1.93. The molecule has 2 aliphatic carbocycles. The Hall–Kier alpha value is -0.660. The highest BCUT2D eigenvalue weighted by atomic mass is 16.1. The molecule has 0 N–H and O–H groups in total. The minimum absolute atomic E-state index is 0.0963.